The summed E-state index contributed by atoms with van der Waals surface area (Å²) < 4.78 is 16.8. The number of hydrogen-bond donors (Lipinski definition) is 0. The second-order valence-corrected chi connectivity index (χ2v) is 22.0. The van der Waals surface area contributed by atoms with Crippen molar-refractivity contribution in [3.8, 4) is 0 Å². The molecule has 0 rings (SSSR count). The van der Waals surface area contributed by atoms with Crippen molar-refractivity contribution in [1.29, 1.82) is 0 Å². The Hall–Kier alpha value is -3.41. The molecule has 1 unspecified atom stereocenters. The molecular formula is C71H124O6. The second kappa shape index (κ2) is 65.1. The maximum absolute atomic E-state index is 12.8. The molecule has 0 spiro atoms. The maximum Gasteiger partial charge on any atom is 0.306 e. The lowest BCUT2D eigenvalue weighted by Crippen LogP contribution is -2.30. The number of carbonyl (C=O) groups is 3. The fourth-order valence-electron chi connectivity index (χ4n) is 9.44. The van der Waals surface area contributed by atoms with Gasteiger partial charge in [0.15, 0.2) is 6.10 Å². The average Bonchev–Trinajstić information content (AvgIpc) is 3.43. The Morgan fingerprint density at radius 2 is 0.506 bits per heavy atom. The Morgan fingerprint density at radius 1 is 0.273 bits per heavy atom. The van der Waals surface area contributed by atoms with Gasteiger partial charge in [0.25, 0.3) is 0 Å². The molecule has 0 saturated heterocycles. The van der Waals surface area contributed by atoms with Crippen LogP contribution in [0.15, 0.2) is 85.1 Å². The monoisotopic (exact) mass is 1070 g/mol. The highest BCUT2D eigenvalue weighted by Crippen LogP contribution is 2.17. The molecule has 0 aliphatic carbocycles. The summed E-state index contributed by atoms with van der Waals surface area (Å²) in [6.45, 7) is 6.43. The number of hydrogen-bond acceptors (Lipinski definition) is 6. The van der Waals surface area contributed by atoms with Gasteiger partial charge in [-0.05, 0) is 96.3 Å². The van der Waals surface area contributed by atoms with Crippen LogP contribution in [0.4, 0.5) is 0 Å². The normalized spacial score (nSPS) is 12.6. The Balaban J connectivity index is 3.92. The smallest absolute Gasteiger partial charge is 0.306 e. The minimum absolute atomic E-state index is 0.0779. The highest BCUT2D eigenvalue weighted by Gasteiger charge is 2.19. The van der Waals surface area contributed by atoms with Gasteiger partial charge in [-0.3, -0.25) is 14.4 Å². The summed E-state index contributed by atoms with van der Waals surface area (Å²) in [6.07, 6.45) is 86.6. The van der Waals surface area contributed by atoms with E-state index in [2.05, 4.69) is 106 Å². The molecule has 444 valence electrons. The average molecular weight is 1070 g/mol. The number of ether oxygens (including phenoxy) is 3. The highest BCUT2D eigenvalue weighted by molar-refractivity contribution is 5.71. The van der Waals surface area contributed by atoms with E-state index in [1.807, 2.05) is 0 Å². The summed E-state index contributed by atoms with van der Waals surface area (Å²) in [4.78, 5) is 37.9. The third kappa shape index (κ3) is 63.3. The van der Waals surface area contributed by atoms with Crippen molar-refractivity contribution in [3.05, 3.63) is 85.1 Å². The molecular weight excluding hydrogens is 949 g/mol. The quantitative estimate of drug-likeness (QED) is 0.0261. The molecule has 0 aromatic carbocycles. The summed E-state index contributed by atoms with van der Waals surface area (Å²) in [7, 11) is 0. The first-order valence-corrected chi connectivity index (χ1v) is 33.1. The van der Waals surface area contributed by atoms with E-state index >= 15 is 0 Å². The van der Waals surface area contributed by atoms with Gasteiger partial charge >= 0.3 is 17.9 Å². The summed E-state index contributed by atoms with van der Waals surface area (Å²) >= 11 is 0. The molecule has 6 nitrogen and oxygen atoms in total. The molecule has 0 amide bonds. The number of allylic oxidation sites excluding steroid dienone is 14. The zero-order chi connectivity index (χ0) is 55.7. The van der Waals surface area contributed by atoms with Crippen LogP contribution in [-0.4, -0.2) is 37.2 Å². The van der Waals surface area contributed by atoms with Crippen molar-refractivity contribution in [1.82, 2.24) is 0 Å². The van der Waals surface area contributed by atoms with Gasteiger partial charge in [0.05, 0.1) is 0 Å². The van der Waals surface area contributed by atoms with E-state index in [1.54, 1.807) is 0 Å². The van der Waals surface area contributed by atoms with Crippen molar-refractivity contribution < 1.29 is 28.6 Å². The molecule has 0 radical (unpaired) electrons. The van der Waals surface area contributed by atoms with Crippen molar-refractivity contribution in [2.24, 2.45) is 0 Å². The molecule has 6 heteroatoms. The molecule has 0 aliphatic rings. The third-order valence-corrected chi connectivity index (χ3v) is 14.4. The van der Waals surface area contributed by atoms with Gasteiger partial charge in [0.1, 0.15) is 13.2 Å². The van der Waals surface area contributed by atoms with Crippen LogP contribution < -0.4 is 0 Å². The van der Waals surface area contributed by atoms with Crippen molar-refractivity contribution >= 4 is 17.9 Å². The Kier molecular flexibility index (Phi) is 62.2. The van der Waals surface area contributed by atoms with Gasteiger partial charge in [0, 0.05) is 19.3 Å². The van der Waals surface area contributed by atoms with Gasteiger partial charge in [-0.25, -0.2) is 0 Å². The van der Waals surface area contributed by atoms with E-state index < -0.39 is 6.10 Å². The molecule has 77 heavy (non-hydrogen) atoms. The lowest BCUT2D eigenvalue weighted by Gasteiger charge is -2.18. The van der Waals surface area contributed by atoms with E-state index in [-0.39, 0.29) is 31.1 Å². The van der Waals surface area contributed by atoms with Gasteiger partial charge in [-0.2, -0.15) is 0 Å². The summed E-state index contributed by atoms with van der Waals surface area (Å²) in [5.41, 5.74) is 0. The molecule has 0 saturated carbocycles. The predicted molar refractivity (Wildman–Crippen MR) is 334 cm³/mol. The Labute approximate surface area is 477 Å². The topological polar surface area (TPSA) is 78.9 Å². The molecule has 0 aromatic rings. The van der Waals surface area contributed by atoms with Crippen molar-refractivity contribution in [2.75, 3.05) is 13.2 Å². The number of rotatable bonds is 60. The van der Waals surface area contributed by atoms with Crippen molar-refractivity contribution in [3.63, 3.8) is 0 Å². The first-order valence-electron chi connectivity index (χ1n) is 33.1. The standard InChI is InChI=1S/C71H124O6/c1-4-7-10-13-15-17-19-21-23-25-27-28-29-30-31-32-33-34-35-36-37-38-39-40-41-42-44-45-47-49-51-53-55-58-61-64-70(73)76-67-68(66-75-69(72)63-60-57-12-9-6-3)77-71(74)65-62-59-56-54-52-50-48-46-43-26-24-22-20-18-16-14-11-8-5-2/h7,10,15-18,21-24,27-28,43,46,68H,4-6,8-9,11-14,19-20,25-26,29-42,44-45,47-67H2,1-3H3/b10-7-,17-15-,18-16-,23-21-,24-22-,28-27-,46-43-. The van der Waals surface area contributed by atoms with Gasteiger partial charge in [-0.15, -0.1) is 0 Å². The lowest BCUT2D eigenvalue weighted by molar-refractivity contribution is -0.167. The lowest BCUT2D eigenvalue weighted by atomic mass is 10.0. The van der Waals surface area contributed by atoms with Crippen LogP contribution >= 0.6 is 0 Å². The summed E-state index contributed by atoms with van der Waals surface area (Å²) in [5.74, 6) is -0.892. The predicted octanol–water partition coefficient (Wildman–Crippen LogP) is 22.7. The second-order valence-electron chi connectivity index (χ2n) is 22.0. The van der Waals surface area contributed by atoms with Crippen LogP contribution in [0.5, 0.6) is 0 Å². The van der Waals surface area contributed by atoms with E-state index in [1.165, 1.54) is 173 Å². The molecule has 0 bridgehead atoms. The summed E-state index contributed by atoms with van der Waals surface area (Å²) in [5, 5.41) is 0. The van der Waals surface area contributed by atoms with Crippen LogP contribution in [0.3, 0.4) is 0 Å². The fourth-order valence-corrected chi connectivity index (χ4v) is 9.44. The van der Waals surface area contributed by atoms with Crippen LogP contribution in [0.25, 0.3) is 0 Å². The minimum Gasteiger partial charge on any atom is -0.462 e. The summed E-state index contributed by atoms with van der Waals surface area (Å²) in [6, 6.07) is 0. The van der Waals surface area contributed by atoms with Crippen molar-refractivity contribution in [2.45, 2.75) is 335 Å². The largest absolute Gasteiger partial charge is 0.462 e. The SMILES string of the molecule is CC/C=C\C/C=C\C/C=C\C/C=C\CCCCCCCCCCCCCCCCCCCCCCCCC(=O)OCC(COC(=O)CCCCCCC)OC(=O)CCCCCCCC/C=C\C/C=C\C/C=C\CCCCC. The van der Waals surface area contributed by atoms with E-state index in [0.717, 1.165) is 116 Å². The fraction of sp³-hybridized carbons (Fsp3) is 0.761. The third-order valence-electron chi connectivity index (χ3n) is 14.4. The minimum atomic E-state index is -0.778. The molecule has 1 atom stereocenters. The number of carbonyl (C=O) groups excluding carboxylic acids is 3. The first kappa shape index (κ1) is 73.6. The number of unbranched alkanes of at least 4 members (excludes halogenated alkanes) is 35. The van der Waals surface area contributed by atoms with E-state index in [9.17, 15) is 14.4 Å². The van der Waals surface area contributed by atoms with E-state index in [4.69, 9.17) is 14.2 Å². The highest BCUT2D eigenvalue weighted by atomic mass is 16.6. The van der Waals surface area contributed by atoms with Crippen LogP contribution in [0.2, 0.25) is 0 Å². The zero-order valence-corrected chi connectivity index (χ0v) is 51.0. The molecule has 0 heterocycles. The Morgan fingerprint density at radius 3 is 0.818 bits per heavy atom. The van der Waals surface area contributed by atoms with Crippen LogP contribution in [-0.2, 0) is 28.6 Å². The molecule has 0 N–H and O–H groups in total. The number of esters is 3. The molecule has 0 aliphatic heterocycles. The van der Waals surface area contributed by atoms with Gasteiger partial charge in [0.2, 0.25) is 0 Å². The van der Waals surface area contributed by atoms with Crippen LogP contribution in [0, 0.1) is 0 Å². The molecule has 0 fully saturated rings. The Bertz CT molecular complexity index is 1470. The van der Waals surface area contributed by atoms with E-state index in [0.29, 0.717) is 19.3 Å². The first-order chi connectivity index (χ1) is 38.0. The molecule has 0 aromatic heterocycles. The maximum atomic E-state index is 12.8. The van der Waals surface area contributed by atoms with Gasteiger partial charge < -0.3 is 14.2 Å². The zero-order valence-electron chi connectivity index (χ0n) is 51.0. The van der Waals surface area contributed by atoms with Crippen LogP contribution in [0.1, 0.15) is 329 Å². The van der Waals surface area contributed by atoms with Gasteiger partial charge in [-0.1, -0.05) is 298 Å².